The van der Waals surface area contributed by atoms with Crippen LogP contribution in [-0.2, 0) is 23.1 Å². The third-order valence-corrected chi connectivity index (χ3v) is 6.02. The highest BCUT2D eigenvalue weighted by Gasteiger charge is 2.29. The molecule has 0 bridgehead atoms. The molecule has 0 spiro atoms. The molecule has 0 aliphatic heterocycles. The smallest absolute Gasteiger partial charge is 0.337 e. The van der Waals surface area contributed by atoms with Crippen molar-refractivity contribution in [2.75, 3.05) is 7.11 Å². The summed E-state index contributed by atoms with van der Waals surface area (Å²) < 4.78 is 38.2. The van der Waals surface area contributed by atoms with Crippen molar-refractivity contribution in [3.8, 4) is 5.75 Å². The highest BCUT2D eigenvalue weighted by molar-refractivity contribution is 7.89. The summed E-state index contributed by atoms with van der Waals surface area (Å²) in [6, 6.07) is 15.9. The summed E-state index contributed by atoms with van der Waals surface area (Å²) in [5.74, 6) is -0.202. The van der Waals surface area contributed by atoms with E-state index < -0.39 is 16.0 Å². The molecule has 1 aromatic heterocycles. The molecule has 1 N–H and O–H groups in total. The first-order chi connectivity index (χ1) is 13.4. The van der Waals surface area contributed by atoms with E-state index in [9.17, 15) is 18.3 Å². The van der Waals surface area contributed by atoms with Crippen LogP contribution in [0.5, 0.6) is 5.75 Å². The minimum absolute atomic E-state index is 0.0324. The van der Waals surface area contributed by atoms with Gasteiger partial charge in [0, 0.05) is 6.54 Å². The van der Waals surface area contributed by atoms with E-state index in [0.29, 0.717) is 11.5 Å². The van der Waals surface area contributed by atoms with Crippen LogP contribution in [0.3, 0.4) is 0 Å². The minimum Gasteiger partial charge on any atom is -0.497 e. The zero-order valence-corrected chi connectivity index (χ0v) is 15.9. The summed E-state index contributed by atoms with van der Waals surface area (Å²) in [7, 11) is -2.56. The summed E-state index contributed by atoms with van der Waals surface area (Å²) in [6.45, 7) is 0.0102. The average Bonchev–Trinajstić information content (AvgIpc) is 3.21. The Labute approximate surface area is 162 Å². The lowest BCUT2D eigenvalue weighted by molar-refractivity contribution is 0.0692. The van der Waals surface area contributed by atoms with Crippen LogP contribution in [0.2, 0.25) is 0 Å². The lowest BCUT2D eigenvalue weighted by Gasteiger charge is -2.22. The fourth-order valence-electron chi connectivity index (χ4n) is 2.74. The Hall–Kier alpha value is -3.10. The summed E-state index contributed by atoms with van der Waals surface area (Å²) in [5, 5.41) is 9.40. The summed E-state index contributed by atoms with van der Waals surface area (Å²) >= 11 is 0. The van der Waals surface area contributed by atoms with Gasteiger partial charge < -0.3 is 14.3 Å². The second-order valence-corrected chi connectivity index (χ2v) is 7.91. The maximum Gasteiger partial charge on any atom is 0.337 e. The molecule has 8 heteroatoms. The summed E-state index contributed by atoms with van der Waals surface area (Å²) in [6.07, 6.45) is 1.46. The van der Waals surface area contributed by atoms with E-state index in [1.807, 2.05) is 0 Å². The first-order valence-electron chi connectivity index (χ1n) is 8.39. The highest BCUT2D eigenvalue weighted by atomic mass is 32.2. The molecule has 0 atom stereocenters. The van der Waals surface area contributed by atoms with Gasteiger partial charge in [-0.2, -0.15) is 4.31 Å². The molecule has 0 aliphatic rings. The molecule has 28 heavy (non-hydrogen) atoms. The number of methoxy groups -OCH3 is 1. The maximum absolute atomic E-state index is 13.3. The van der Waals surface area contributed by atoms with E-state index in [1.54, 1.807) is 43.5 Å². The molecular formula is C20H19NO6S. The second kappa shape index (κ2) is 8.28. The predicted octanol–water partition coefficient (Wildman–Crippen LogP) is 3.38. The SMILES string of the molecule is COc1ccc(CN(Cc2ccco2)S(=O)(=O)c2ccccc2C(=O)O)cc1. The minimum atomic E-state index is -4.11. The zero-order chi connectivity index (χ0) is 20.1. The van der Waals surface area contributed by atoms with Crippen LogP contribution in [0.1, 0.15) is 21.7 Å². The molecule has 0 saturated carbocycles. The van der Waals surface area contributed by atoms with Gasteiger partial charge in [0.1, 0.15) is 11.5 Å². The molecule has 0 aliphatic carbocycles. The third kappa shape index (κ3) is 4.24. The molecule has 0 radical (unpaired) electrons. The molecule has 0 saturated heterocycles. The number of furan rings is 1. The fraction of sp³-hybridized carbons (Fsp3) is 0.150. The van der Waals surface area contributed by atoms with Gasteiger partial charge in [-0.3, -0.25) is 0 Å². The van der Waals surface area contributed by atoms with E-state index in [-0.39, 0.29) is 23.5 Å². The predicted molar refractivity (Wildman–Crippen MR) is 102 cm³/mol. The van der Waals surface area contributed by atoms with Crippen molar-refractivity contribution in [2.24, 2.45) is 0 Å². The first-order valence-corrected chi connectivity index (χ1v) is 9.83. The average molecular weight is 401 g/mol. The maximum atomic E-state index is 13.3. The normalized spacial score (nSPS) is 11.5. The van der Waals surface area contributed by atoms with Crippen LogP contribution >= 0.6 is 0 Å². The molecule has 0 amide bonds. The van der Waals surface area contributed by atoms with Gasteiger partial charge in [-0.25, -0.2) is 13.2 Å². The monoisotopic (exact) mass is 401 g/mol. The molecular weight excluding hydrogens is 382 g/mol. The van der Waals surface area contributed by atoms with Crippen LogP contribution in [-0.4, -0.2) is 30.9 Å². The number of carbonyl (C=O) groups is 1. The molecule has 3 aromatic rings. The second-order valence-electron chi connectivity index (χ2n) is 6.00. The Bertz CT molecular complexity index is 1040. The number of nitrogens with zero attached hydrogens (tertiary/aromatic N) is 1. The summed E-state index contributed by atoms with van der Waals surface area (Å²) in [5.41, 5.74) is 0.449. The van der Waals surface area contributed by atoms with Gasteiger partial charge in [0.2, 0.25) is 10.0 Å². The number of hydrogen-bond acceptors (Lipinski definition) is 5. The van der Waals surface area contributed by atoms with Gasteiger partial charge in [-0.15, -0.1) is 0 Å². The topological polar surface area (TPSA) is 97.0 Å². The van der Waals surface area contributed by atoms with Crippen LogP contribution in [0.4, 0.5) is 0 Å². The third-order valence-electron chi connectivity index (χ3n) is 4.17. The van der Waals surface area contributed by atoms with Crippen LogP contribution < -0.4 is 4.74 Å². The Morgan fingerprint density at radius 3 is 2.36 bits per heavy atom. The van der Waals surface area contributed by atoms with E-state index in [0.717, 1.165) is 5.56 Å². The van der Waals surface area contributed by atoms with E-state index in [2.05, 4.69) is 0 Å². The molecule has 0 unspecified atom stereocenters. The van der Waals surface area contributed by atoms with Crippen molar-refractivity contribution >= 4 is 16.0 Å². The Kier molecular flexibility index (Phi) is 5.81. The van der Waals surface area contributed by atoms with Gasteiger partial charge >= 0.3 is 5.97 Å². The van der Waals surface area contributed by atoms with Crippen molar-refractivity contribution < 1.29 is 27.5 Å². The highest BCUT2D eigenvalue weighted by Crippen LogP contribution is 2.25. The van der Waals surface area contributed by atoms with Crippen molar-refractivity contribution in [3.63, 3.8) is 0 Å². The number of rotatable bonds is 8. The summed E-state index contributed by atoms with van der Waals surface area (Å²) in [4.78, 5) is 11.3. The quantitative estimate of drug-likeness (QED) is 0.622. The fourth-order valence-corrected chi connectivity index (χ4v) is 4.32. The van der Waals surface area contributed by atoms with E-state index in [4.69, 9.17) is 9.15 Å². The molecule has 146 valence electrons. The Balaban J connectivity index is 2.01. The first kappa shape index (κ1) is 19.7. The van der Waals surface area contributed by atoms with E-state index in [1.165, 1.54) is 34.8 Å². The molecule has 7 nitrogen and oxygen atoms in total. The Morgan fingerprint density at radius 2 is 1.75 bits per heavy atom. The molecule has 1 heterocycles. The van der Waals surface area contributed by atoms with Gasteiger partial charge in [-0.05, 0) is 42.0 Å². The standard InChI is InChI=1S/C20H19NO6S/c1-26-16-10-8-15(9-11-16)13-21(14-17-5-4-12-27-17)28(24,25)19-7-3-2-6-18(19)20(22)23/h2-12H,13-14H2,1H3,(H,22,23). The van der Waals surface area contributed by atoms with Gasteiger partial charge in [-0.1, -0.05) is 24.3 Å². The lowest BCUT2D eigenvalue weighted by Crippen LogP contribution is -2.31. The van der Waals surface area contributed by atoms with Crippen molar-refractivity contribution in [1.82, 2.24) is 4.31 Å². The zero-order valence-electron chi connectivity index (χ0n) is 15.1. The van der Waals surface area contributed by atoms with Gasteiger partial charge in [0.25, 0.3) is 0 Å². The van der Waals surface area contributed by atoms with E-state index >= 15 is 0 Å². The van der Waals surface area contributed by atoms with Crippen LogP contribution in [0.15, 0.2) is 76.2 Å². The number of aromatic carboxylic acids is 1. The molecule has 0 fully saturated rings. The number of hydrogen-bond donors (Lipinski definition) is 1. The van der Waals surface area contributed by atoms with Crippen molar-refractivity contribution in [3.05, 3.63) is 83.8 Å². The number of ether oxygens (including phenoxy) is 1. The number of carboxylic acid groups (broad SMARTS) is 1. The largest absolute Gasteiger partial charge is 0.497 e. The van der Waals surface area contributed by atoms with Gasteiger partial charge in [0.05, 0.1) is 30.4 Å². The van der Waals surface area contributed by atoms with Crippen LogP contribution in [0.25, 0.3) is 0 Å². The number of carboxylic acids is 1. The molecule has 3 rings (SSSR count). The van der Waals surface area contributed by atoms with Gasteiger partial charge in [0.15, 0.2) is 0 Å². The Morgan fingerprint density at radius 1 is 1.04 bits per heavy atom. The number of sulfonamides is 1. The molecule has 2 aromatic carbocycles. The van der Waals surface area contributed by atoms with Crippen LogP contribution in [0, 0.1) is 0 Å². The lowest BCUT2D eigenvalue weighted by atomic mass is 10.2. The number of benzene rings is 2. The van der Waals surface area contributed by atoms with Crippen molar-refractivity contribution in [1.29, 1.82) is 0 Å². The van der Waals surface area contributed by atoms with Crippen molar-refractivity contribution in [2.45, 2.75) is 18.0 Å².